The van der Waals surface area contributed by atoms with Crippen LogP contribution in [0.5, 0.6) is 0 Å². The summed E-state index contributed by atoms with van der Waals surface area (Å²) in [5.41, 5.74) is 1.45. The van der Waals surface area contributed by atoms with Crippen molar-refractivity contribution in [3.05, 3.63) is 76.8 Å². The molecule has 2 aromatic rings. The van der Waals surface area contributed by atoms with Crippen LogP contribution < -0.4 is 10.2 Å². The Hall–Kier alpha value is -3.46. The number of anilines is 1. The summed E-state index contributed by atoms with van der Waals surface area (Å²) in [5.74, 6) is -1.62. The maximum atomic E-state index is 13.0. The van der Waals surface area contributed by atoms with Crippen LogP contribution in [0.15, 0.2) is 71.3 Å². The number of thioether (sulfide) groups is 1. The summed E-state index contributed by atoms with van der Waals surface area (Å²) in [4.78, 5) is 40.7. The normalized spacial score (nSPS) is 19.8. The molecule has 0 bridgehead atoms. The van der Waals surface area contributed by atoms with Gasteiger partial charge in [-0.3, -0.25) is 9.59 Å². The van der Waals surface area contributed by atoms with Gasteiger partial charge in [-0.25, -0.2) is 4.79 Å². The molecule has 1 amide bonds. The molecular weight excluding hydrogens is 442 g/mol. The molecule has 0 aliphatic carbocycles. The SMILES string of the molecule is COC(=O)CC1=C(C(=O)O)SC(N(c2ccccc2)C2CCN(C(=O)c3ccccc3)C2)N1. The molecule has 2 N–H and O–H groups in total. The van der Waals surface area contributed by atoms with Gasteiger partial charge < -0.3 is 25.0 Å². The highest BCUT2D eigenvalue weighted by Gasteiger charge is 2.39. The minimum absolute atomic E-state index is 0.0196. The van der Waals surface area contributed by atoms with Gasteiger partial charge >= 0.3 is 11.9 Å². The van der Waals surface area contributed by atoms with Crippen LogP contribution in [0.2, 0.25) is 0 Å². The van der Waals surface area contributed by atoms with Crippen molar-refractivity contribution in [2.45, 2.75) is 24.4 Å². The summed E-state index contributed by atoms with van der Waals surface area (Å²) in [7, 11) is 1.27. The second-order valence-electron chi connectivity index (χ2n) is 7.78. The topological polar surface area (TPSA) is 99.2 Å². The second kappa shape index (κ2) is 9.99. The second-order valence-corrected chi connectivity index (χ2v) is 8.87. The number of para-hydroxylation sites is 1. The van der Waals surface area contributed by atoms with E-state index in [1.165, 1.54) is 7.11 Å². The van der Waals surface area contributed by atoms with Gasteiger partial charge in [0.25, 0.3) is 5.91 Å². The van der Waals surface area contributed by atoms with Gasteiger partial charge in [0, 0.05) is 30.0 Å². The summed E-state index contributed by atoms with van der Waals surface area (Å²) in [6.45, 7) is 1.11. The highest BCUT2D eigenvalue weighted by atomic mass is 32.2. The number of likely N-dealkylation sites (tertiary alicyclic amines) is 1. The van der Waals surface area contributed by atoms with E-state index in [0.29, 0.717) is 24.4 Å². The van der Waals surface area contributed by atoms with Crippen LogP contribution in [0.4, 0.5) is 5.69 Å². The average molecular weight is 468 g/mol. The molecule has 33 heavy (non-hydrogen) atoms. The van der Waals surface area contributed by atoms with E-state index in [4.69, 9.17) is 4.74 Å². The van der Waals surface area contributed by atoms with Crippen molar-refractivity contribution in [3.8, 4) is 0 Å². The summed E-state index contributed by atoms with van der Waals surface area (Å²) in [6, 6.07) is 18.8. The molecule has 2 heterocycles. The van der Waals surface area contributed by atoms with Gasteiger partial charge in [0.2, 0.25) is 0 Å². The van der Waals surface area contributed by atoms with Crippen LogP contribution in [-0.4, -0.2) is 59.6 Å². The van der Waals surface area contributed by atoms with E-state index >= 15 is 0 Å². The number of carbonyl (C=O) groups is 3. The van der Waals surface area contributed by atoms with Gasteiger partial charge in [-0.1, -0.05) is 48.2 Å². The van der Waals surface area contributed by atoms with Crippen LogP contribution in [0, 0.1) is 0 Å². The lowest BCUT2D eigenvalue weighted by atomic mass is 10.2. The number of benzene rings is 2. The van der Waals surface area contributed by atoms with Crippen LogP contribution in [-0.2, 0) is 14.3 Å². The quantitative estimate of drug-likeness (QED) is 0.600. The first-order valence-corrected chi connectivity index (χ1v) is 11.5. The summed E-state index contributed by atoms with van der Waals surface area (Å²) < 4.78 is 4.73. The number of carboxylic acid groups (broad SMARTS) is 1. The number of hydrogen-bond acceptors (Lipinski definition) is 7. The van der Waals surface area contributed by atoms with Crippen molar-refractivity contribution in [2.75, 3.05) is 25.1 Å². The lowest BCUT2D eigenvalue weighted by molar-refractivity contribution is -0.139. The van der Waals surface area contributed by atoms with Gasteiger partial charge in [-0.15, -0.1) is 0 Å². The highest BCUT2D eigenvalue weighted by Crippen LogP contribution is 2.38. The third-order valence-electron chi connectivity index (χ3n) is 5.72. The number of esters is 1. The van der Waals surface area contributed by atoms with Crippen molar-refractivity contribution >= 4 is 35.3 Å². The number of nitrogens with zero attached hydrogens (tertiary/aromatic N) is 2. The van der Waals surface area contributed by atoms with E-state index in [2.05, 4.69) is 10.2 Å². The number of nitrogens with one attached hydrogen (secondary N) is 1. The number of carboxylic acids is 1. The molecule has 2 aliphatic heterocycles. The number of methoxy groups -OCH3 is 1. The highest BCUT2D eigenvalue weighted by molar-refractivity contribution is 8.04. The van der Waals surface area contributed by atoms with E-state index < -0.39 is 17.4 Å². The molecule has 2 unspecified atom stereocenters. The van der Waals surface area contributed by atoms with Crippen molar-refractivity contribution in [1.82, 2.24) is 10.2 Å². The molecule has 0 aromatic heterocycles. The van der Waals surface area contributed by atoms with Crippen molar-refractivity contribution in [1.29, 1.82) is 0 Å². The fourth-order valence-electron chi connectivity index (χ4n) is 4.13. The standard InChI is InChI=1S/C24H25N3O5S/c1-32-20(28)14-19-21(23(30)31)33-24(25-19)27(17-10-6-3-7-11-17)18-12-13-26(15-18)22(29)16-8-4-2-5-9-16/h2-11,18,24-25H,12-15H2,1H3,(H,30,31). The molecule has 2 aliphatic rings. The summed E-state index contributed by atoms with van der Waals surface area (Å²) in [6.07, 6.45) is 0.592. The largest absolute Gasteiger partial charge is 0.477 e. The number of aliphatic carboxylic acids is 1. The maximum absolute atomic E-state index is 13.0. The molecule has 2 aromatic carbocycles. The van der Waals surface area contributed by atoms with E-state index in [0.717, 1.165) is 23.9 Å². The van der Waals surface area contributed by atoms with Gasteiger partial charge in [-0.2, -0.15) is 0 Å². The predicted octanol–water partition coefficient (Wildman–Crippen LogP) is 2.89. The molecule has 0 radical (unpaired) electrons. The third-order valence-corrected chi connectivity index (χ3v) is 6.94. The molecule has 172 valence electrons. The van der Waals surface area contributed by atoms with Crippen LogP contribution >= 0.6 is 11.8 Å². The zero-order chi connectivity index (χ0) is 23.4. The van der Waals surface area contributed by atoms with Gasteiger partial charge in [-0.05, 0) is 30.7 Å². The Kier molecular flexibility index (Phi) is 6.88. The van der Waals surface area contributed by atoms with Crippen molar-refractivity contribution in [3.63, 3.8) is 0 Å². The third kappa shape index (κ3) is 4.98. The monoisotopic (exact) mass is 467 g/mol. The molecule has 9 heteroatoms. The minimum Gasteiger partial charge on any atom is -0.477 e. The van der Waals surface area contributed by atoms with Crippen molar-refractivity contribution < 1.29 is 24.2 Å². The number of hydrogen-bond donors (Lipinski definition) is 2. The predicted molar refractivity (Wildman–Crippen MR) is 125 cm³/mol. The Morgan fingerprint density at radius 3 is 2.42 bits per heavy atom. The molecule has 1 fully saturated rings. The Morgan fingerprint density at radius 1 is 1.12 bits per heavy atom. The van der Waals surface area contributed by atoms with E-state index in [9.17, 15) is 19.5 Å². The number of rotatable bonds is 7. The lowest BCUT2D eigenvalue weighted by Gasteiger charge is -2.36. The fourth-order valence-corrected chi connectivity index (χ4v) is 5.34. The van der Waals surface area contributed by atoms with Crippen LogP contribution in [0.25, 0.3) is 0 Å². The first-order chi connectivity index (χ1) is 16.0. The molecule has 4 rings (SSSR count). The molecular formula is C24H25N3O5S. The molecule has 0 saturated carbocycles. The Bertz CT molecular complexity index is 1060. The Morgan fingerprint density at radius 2 is 1.79 bits per heavy atom. The Labute approximate surface area is 196 Å². The molecule has 8 nitrogen and oxygen atoms in total. The minimum atomic E-state index is -1.09. The van der Waals surface area contributed by atoms with E-state index in [1.54, 1.807) is 12.1 Å². The number of amides is 1. The summed E-state index contributed by atoms with van der Waals surface area (Å²) in [5, 5.41) is 12.9. The van der Waals surface area contributed by atoms with E-state index in [1.807, 2.05) is 53.4 Å². The average Bonchev–Trinajstić information content (AvgIpc) is 3.48. The molecule has 0 spiro atoms. The van der Waals surface area contributed by atoms with Crippen LogP contribution in [0.1, 0.15) is 23.2 Å². The smallest absolute Gasteiger partial charge is 0.344 e. The van der Waals surface area contributed by atoms with Crippen molar-refractivity contribution in [2.24, 2.45) is 0 Å². The maximum Gasteiger partial charge on any atom is 0.344 e. The zero-order valence-corrected chi connectivity index (χ0v) is 19.0. The Balaban J connectivity index is 1.57. The lowest BCUT2D eigenvalue weighted by Crippen LogP contribution is -2.48. The van der Waals surface area contributed by atoms with Gasteiger partial charge in [0.15, 0.2) is 5.50 Å². The first kappa shape index (κ1) is 22.7. The zero-order valence-electron chi connectivity index (χ0n) is 18.1. The first-order valence-electron chi connectivity index (χ1n) is 10.6. The van der Waals surface area contributed by atoms with E-state index in [-0.39, 0.29) is 23.3 Å². The summed E-state index contributed by atoms with van der Waals surface area (Å²) >= 11 is 1.16. The van der Waals surface area contributed by atoms with Gasteiger partial charge in [0.1, 0.15) is 4.91 Å². The van der Waals surface area contributed by atoms with Gasteiger partial charge in [0.05, 0.1) is 19.6 Å². The van der Waals surface area contributed by atoms with Crippen LogP contribution in [0.3, 0.4) is 0 Å². The number of ether oxygens (including phenoxy) is 1. The molecule has 1 saturated heterocycles. The number of carbonyl (C=O) groups excluding carboxylic acids is 2. The molecule has 2 atom stereocenters. The fraction of sp³-hybridized carbons (Fsp3) is 0.292.